The number of esters is 1. The molecule has 0 N–H and O–H groups in total. The molecule has 8 nitrogen and oxygen atoms in total. The number of hydrogen-bond acceptors (Lipinski definition) is 6. The van der Waals surface area contributed by atoms with Gasteiger partial charge in [0.1, 0.15) is 13.2 Å². The molecule has 0 bridgehead atoms. The average molecular weight is 256 g/mol. The summed E-state index contributed by atoms with van der Waals surface area (Å²) in [4.78, 5) is 32.6. The first kappa shape index (κ1) is 13.8. The lowest BCUT2D eigenvalue weighted by Crippen LogP contribution is -2.25. The Morgan fingerprint density at radius 1 is 1.44 bits per heavy atom. The summed E-state index contributed by atoms with van der Waals surface area (Å²) in [6, 6.07) is 2.11. The van der Waals surface area contributed by atoms with Crippen LogP contribution >= 0.6 is 0 Å². The zero-order valence-electron chi connectivity index (χ0n) is 9.70. The van der Waals surface area contributed by atoms with Crippen molar-refractivity contribution in [3.63, 3.8) is 0 Å². The van der Waals surface area contributed by atoms with Gasteiger partial charge in [0.25, 0.3) is 11.2 Å². The Morgan fingerprint density at radius 2 is 2.17 bits per heavy atom. The van der Waals surface area contributed by atoms with Crippen molar-refractivity contribution >= 4 is 11.7 Å². The average Bonchev–Trinajstić information content (AvgIpc) is 2.32. The predicted octanol–water partition coefficient (Wildman–Crippen LogP) is -0.0539. The molecule has 0 aliphatic rings. The van der Waals surface area contributed by atoms with Crippen LogP contribution in [0.25, 0.3) is 0 Å². The van der Waals surface area contributed by atoms with E-state index in [1.165, 1.54) is 7.11 Å². The maximum atomic E-state index is 11.4. The van der Waals surface area contributed by atoms with E-state index in [9.17, 15) is 19.7 Å². The Kier molecular flexibility index (Phi) is 5.00. The predicted molar refractivity (Wildman–Crippen MR) is 60.2 cm³/mol. The van der Waals surface area contributed by atoms with Crippen LogP contribution in [0.5, 0.6) is 0 Å². The molecular formula is C10H12N2O6. The van der Waals surface area contributed by atoms with Crippen molar-refractivity contribution in [2.24, 2.45) is 0 Å². The summed E-state index contributed by atoms with van der Waals surface area (Å²) >= 11 is 0. The standard InChI is InChI=1S/C10H12N2O6/c1-17-4-5-18-10(14)7-11-6-8(12(15)16)2-3-9(11)13/h2-3,6H,4-5,7H2,1H3. The molecule has 1 aromatic heterocycles. The highest BCUT2D eigenvalue weighted by Crippen LogP contribution is 2.06. The highest BCUT2D eigenvalue weighted by atomic mass is 16.6. The van der Waals surface area contributed by atoms with Gasteiger partial charge in [-0.05, 0) is 0 Å². The molecule has 1 heterocycles. The molecule has 0 atom stereocenters. The molecular weight excluding hydrogens is 244 g/mol. The number of ether oxygens (including phenoxy) is 2. The number of nitrogens with zero attached hydrogens (tertiary/aromatic N) is 2. The molecule has 1 aromatic rings. The van der Waals surface area contributed by atoms with Crippen molar-refractivity contribution in [2.75, 3.05) is 20.3 Å². The molecule has 0 fully saturated rings. The van der Waals surface area contributed by atoms with Crippen LogP contribution in [0.1, 0.15) is 0 Å². The van der Waals surface area contributed by atoms with Gasteiger partial charge in [-0.15, -0.1) is 0 Å². The van der Waals surface area contributed by atoms with Crippen LogP contribution in [-0.4, -0.2) is 35.8 Å². The van der Waals surface area contributed by atoms with E-state index in [2.05, 4.69) is 4.74 Å². The highest BCUT2D eigenvalue weighted by molar-refractivity contribution is 5.69. The number of aromatic nitrogens is 1. The van der Waals surface area contributed by atoms with Crippen molar-refractivity contribution in [1.29, 1.82) is 0 Å². The monoisotopic (exact) mass is 256 g/mol. The quantitative estimate of drug-likeness (QED) is 0.306. The van der Waals surface area contributed by atoms with Gasteiger partial charge in [0.15, 0.2) is 0 Å². The highest BCUT2D eigenvalue weighted by Gasteiger charge is 2.11. The van der Waals surface area contributed by atoms with Crippen molar-refractivity contribution in [3.8, 4) is 0 Å². The number of hydrogen-bond donors (Lipinski definition) is 0. The van der Waals surface area contributed by atoms with E-state index >= 15 is 0 Å². The first-order valence-corrected chi connectivity index (χ1v) is 5.04. The minimum absolute atomic E-state index is 0.0685. The van der Waals surface area contributed by atoms with Crippen LogP contribution in [0.15, 0.2) is 23.1 Å². The summed E-state index contributed by atoms with van der Waals surface area (Å²) in [7, 11) is 1.46. The Balaban J connectivity index is 2.71. The largest absolute Gasteiger partial charge is 0.462 e. The van der Waals surface area contributed by atoms with Crippen LogP contribution in [0.4, 0.5) is 5.69 Å². The molecule has 0 spiro atoms. The molecule has 1 rings (SSSR count). The van der Waals surface area contributed by atoms with Gasteiger partial charge in [0.2, 0.25) is 0 Å². The zero-order valence-corrected chi connectivity index (χ0v) is 9.70. The van der Waals surface area contributed by atoms with Crippen LogP contribution < -0.4 is 5.56 Å². The Labute approximate surface area is 102 Å². The molecule has 8 heteroatoms. The fourth-order valence-corrected chi connectivity index (χ4v) is 1.17. The summed E-state index contributed by atoms with van der Waals surface area (Å²) in [6.45, 7) is -0.0567. The number of carbonyl (C=O) groups excluding carboxylic acids is 1. The third-order valence-corrected chi connectivity index (χ3v) is 2.03. The molecule has 0 saturated carbocycles. The van der Waals surface area contributed by atoms with Gasteiger partial charge in [-0.1, -0.05) is 0 Å². The summed E-state index contributed by atoms with van der Waals surface area (Å²) < 4.78 is 10.4. The second-order valence-corrected chi connectivity index (χ2v) is 3.32. The maximum absolute atomic E-state index is 11.4. The molecule has 98 valence electrons. The van der Waals surface area contributed by atoms with Crippen molar-refractivity contribution in [1.82, 2.24) is 4.57 Å². The van der Waals surface area contributed by atoms with E-state index < -0.39 is 16.5 Å². The van der Waals surface area contributed by atoms with Crippen LogP contribution in [0, 0.1) is 10.1 Å². The first-order chi connectivity index (χ1) is 8.54. The molecule has 0 aliphatic heterocycles. The molecule has 0 unspecified atom stereocenters. The second kappa shape index (κ2) is 6.50. The van der Waals surface area contributed by atoms with Crippen molar-refractivity contribution in [3.05, 3.63) is 38.8 Å². The van der Waals surface area contributed by atoms with Gasteiger partial charge in [-0.2, -0.15) is 0 Å². The number of rotatable bonds is 6. The number of methoxy groups -OCH3 is 1. The van der Waals surface area contributed by atoms with Gasteiger partial charge in [-0.25, -0.2) is 0 Å². The summed E-state index contributed by atoms with van der Waals surface area (Å²) in [5.41, 5.74) is -0.774. The Hall–Kier alpha value is -2.22. The normalized spacial score (nSPS) is 10.1. The first-order valence-electron chi connectivity index (χ1n) is 5.04. The van der Waals surface area contributed by atoms with E-state index in [0.717, 1.165) is 22.9 Å². The third-order valence-electron chi connectivity index (χ3n) is 2.03. The van der Waals surface area contributed by atoms with Crippen LogP contribution in [0.2, 0.25) is 0 Å². The van der Waals surface area contributed by atoms with Gasteiger partial charge >= 0.3 is 5.97 Å². The lowest BCUT2D eigenvalue weighted by molar-refractivity contribution is -0.385. The van der Waals surface area contributed by atoms with Gasteiger partial charge in [0.05, 0.1) is 17.7 Å². The molecule has 0 amide bonds. The minimum Gasteiger partial charge on any atom is -0.462 e. The Bertz CT molecular complexity index is 495. The number of nitro groups is 1. The molecule has 18 heavy (non-hydrogen) atoms. The summed E-state index contributed by atoms with van der Waals surface area (Å²) in [5.74, 6) is -0.658. The molecule has 0 aliphatic carbocycles. The van der Waals surface area contributed by atoms with E-state index in [0.29, 0.717) is 0 Å². The fraction of sp³-hybridized carbons (Fsp3) is 0.400. The minimum atomic E-state index is -0.658. The molecule has 0 saturated heterocycles. The zero-order chi connectivity index (χ0) is 13.5. The van der Waals surface area contributed by atoms with Crippen molar-refractivity contribution in [2.45, 2.75) is 6.54 Å². The SMILES string of the molecule is COCCOC(=O)Cn1cc([N+](=O)[O-])ccc1=O. The van der Waals surface area contributed by atoms with E-state index in [1.54, 1.807) is 0 Å². The fourth-order valence-electron chi connectivity index (χ4n) is 1.17. The smallest absolute Gasteiger partial charge is 0.326 e. The van der Waals surface area contributed by atoms with Gasteiger partial charge in [-0.3, -0.25) is 24.3 Å². The summed E-state index contributed by atoms with van der Waals surface area (Å²) in [6.07, 6.45) is 1.000. The lowest BCUT2D eigenvalue weighted by atomic mass is 10.4. The van der Waals surface area contributed by atoms with Crippen LogP contribution in [0.3, 0.4) is 0 Å². The maximum Gasteiger partial charge on any atom is 0.326 e. The molecule has 0 radical (unpaired) electrons. The number of pyridine rings is 1. The lowest BCUT2D eigenvalue weighted by Gasteiger charge is -2.06. The number of carbonyl (C=O) groups is 1. The van der Waals surface area contributed by atoms with Crippen LogP contribution in [-0.2, 0) is 20.8 Å². The summed E-state index contributed by atoms with van der Waals surface area (Å²) in [5, 5.41) is 10.5. The van der Waals surface area contributed by atoms with E-state index in [1.807, 2.05) is 0 Å². The van der Waals surface area contributed by atoms with E-state index in [4.69, 9.17) is 4.74 Å². The topological polar surface area (TPSA) is 101 Å². The third kappa shape index (κ3) is 3.98. The van der Waals surface area contributed by atoms with Crippen molar-refractivity contribution < 1.29 is 19.2 Å². The second-order valence-electron chi connectivity index (χ2n) is 3.32. The van der Waals surface area contributed by atoms with Gasteiger partial charge in [0, 0.05) is 19.2 Å². The molecule has 0 aromatic carbocycles. The Morgan fingerprint density at radius 3 is 2.78 bits per heavy atom. The van der Waals surface area contributed by atoms with Gasteiger partial charge < -0.3 is 9.47 Å². The van der Waals surface area contributed by atoms with E-state index in [-0.39, 0.29) is 25.4 Å².